The van der Waals surface area contributed by atoms with E-state index in [4.69, 9.17) is 4.74 Å². The van der Waals surface area contributed by atoms with Crippen molar-refractivity contribution in [3.05, 3.63) is 66.4 Å². The molecule has 0 radical (unpaired) electrons. The third-order valence-electron chi connectivity index (χ3n) is 4.12. The summed E-state index contributed by atoms with van der Waals surface area (Å²) >= 11 is 0.949. The maximum Gasteiger partial charge on any atom is 0.420 e. The van der Waals surface area contributed by atoms with E-state index in [-0.39, 0.29) is 11.0 Å². The molecule has 2 aromatic carbocycles. The summed E-state index contributed by atoms with van der Waals surface area (Å²) in [6.07, 6.45) is -0.553. The lowest BCUT2D eigenvalue weighted by atomic mass is 10.2. The van der Waals surface area contributed by atoms with Gasteiger partial charge in [-0.1, -0.05) is 55.8 Å². The summed E-state index contributed by atoms with van der Waals surface area (Å²) in [7, 11) is 0. The Bertz CT molecular complexity index is 952. The first-order valence-corrected chi connectivity index (χ1v) is 10.4. The number of ether oxygens (including phenoxy) is 1. The standard InChI is InChI=1S/C22H22F3N3OS/c1-2-3-7-13-29-17-10-8-9-16(14-17)27-21-26-15-19(22(23,24)25)20(28-21)30-18-11-5-4-6-12-18/h4-6,8-12,14-15H,2-3,7,13H2,1H3,(H,26,27,28). The van der Waals surface area contributed by atoms with Crippen molar-refractivity contribution in [1.29, 1.82) is 0 Å². The molecule has 0 atom stereocenters. The lowest BCUT2D eigenvalue weighted by Crippen LogP contribution is -2.10. The van der Waals surface area contributed by atoms with E-state index in [1.54, 1.807) is 48.5 Å². The molecule has 4 nitrogen and oxygen atoms in total. The van der Waals surface area contributed by atoms with E-state index in [0.29, 0.717) is 22.9 Å². The molecule has 0 saturated carbocycles. The normalized spacial score (nSPS) is 11.3. The van der Waals surface area contributed by atoms with Crippen LogP contribution in [0.3, 0.4) is 0 Å². The highest BCUT2D eigenvalue weighted by atomic mass is 32.2. The minimum Gasteiger partial charge on any atom is -0.494 e. The van der Waals surface area contributed by atoms with Crippen LogP contribution >= 0.6 is 11.8 Å². The van der Waals surface area contributed by atoms with Crippen LogP contribution in [0.15, 0.2) is 70.7 Å². The van der Waals surface area contributed by atoms with Crippen molar-refractivity contribution in [3.8, 4) is 5.75 Å². The second-order valence-corrected chi connectivity index (χ2v) is 7.60. The summed E-state index contributed by atoms with van der Waals surface area (Å²) in [6, 6.07) is 16.0. The summed E-state index contributed by atoms with van der Waals surface area (Å²) in [6.45, 7) is 2.74. The first-order valence-electron chi connectivity index (χ1n) is 9.62. The number of rotatable bonds is 9. The Morgan fingerprint density at radius 1 is 1.03 bits per heavy atom. The molecular formula is C22H22F3N3OS. The fraction of sp³-hybridized carbons (Fsp3) is 0.273. The van der Waals surface area contributed by atoms with Gasteiger partial charge >= 0.3 is 6.18 Å². The molecule has 0 aliphatic heterocycles. The van der Waals surface area contributed by atoms with E-state index in [2.05, 4.69) is 22.2 Å². The zero-order valence-electron chi connectivity index (χ0n) is 16.4. The van der Waals surface area contributed by atoms with E-state index in [0.717, 1.165) is 37.2 Å². The number of nitrogens with zero attached hydrogens (tertiary/aromatic N) is 2. The quantitative estimate of drug-likeness (QED) is 0.292. The van der Waals surface area contributed by atoms with Crippen LogP contribution in [-0.4, -0.2) is 16.6 Å². The minimum absolute atomic E-state index is 0.0876. The summed E-state index contributed by atoms with van der Waals surface area (Å²) in [4.78, 5) is 8.65. The number of hydrogen-bond donors (Lipinski definition) is 1. The van der Waals surface area contributed by atoms with E-state index >= 15 is 0 Å². The predicted molar refractivity (Wildman–Crippen MR) is 112 cm³/mol. The van der Waals surface area contributed by atoms with Gasteiger partial charge in [-0.15, -0.1) is 0 Å². The Morgan fingerprint density at radius 3 is 2.57 bits per heavy atom. The van der Waals surface area contributed by atoms with Gasteiger partial charge in [-0.05, 0) is 30.7 Å². The SMILES string of the molecule is CCCCCOc1cccc(Nc2ncc(C(F)(F)F)c(Sc3ccccc3)n2)c1. The fourth-order valence-corrected chi connectivity index (χ4v) is 3.56. The fourth-order valence-electron chi connectivity index (χ4n) is 2.63. The Hall–Kier alpha value is -2.74. The topological polar surface area (TPSA) is 47.0 Å². The van der Waals surface area contributed by atoms with Gasteiger partial charge in [0.05, 0.1) is 6.61 Å². The molecule has 0 aliphatic carbocycles. The van der Waals surface area contributed by atoms with Crippen molar-refractivity contribution in [2.45, 2.75) is 42.3 Å². The molecule has 3 rings (SSSR count). The average molecular weight is 433 g/mol. The lowest BCUT2D eigenvalue weighted by molar-refractivity contribution is -0.140. The summed E-state index contributed by atoms with van der Waals surface area (Å²) < 4.78 is 45.9. The van der Waals surface area contributed by atoms with Crippen molar-refractivity contribution < 1.29 is 17.9 Å². The number of unbranched alkanes of at least 4 members (excludes halogenated alkanes) is 2. The monoisotopic (exact) mass is 433 g/mol. The molecule has 0 bridgehead atoms. The van der Waals surface area contributed by atoms with Crippen molar-refractivity contribution >= 4 is 23.4 Å². The number of benzene rings is 2. The molecule has 0 amide bonds. The largest absolute Gasteiger partial charge is 0.494 e. The number of anilines is 2. The highest BCUT2D eigenvalue weighted by Crippen LogP contribution is 2.38. The van der Waals surface area contributed by atoms with E-state index in [9.17, 15) is 13.2 Å². The first-order chi connectivity index (χ1) is 14.5. The third-order valence-corrected chi connectivity index (χ3v) is 5.14. The molecule has 158 valence electrons. The molecule has 1 N–H and O–H groups in total. The van der Waals surface area contributed by atoms with Gasteiger partial charge in [0.15, 0.2) is 0 Å². The Balaban J connectivity index is 1.79. The smallest absolute Gasteiger partial charge is 0.420 e. The Morgan fingerprint density at radius 2 is 1.83 bits per heavy atom. The third kappa shape index (κ3) is 6.38. The average Bonchev–Trinajstić information content (AvgIpc) is 2.72. The van der Waals surface area contributed by atoms with Crippen LogP contribution < -0.4 is 10.1 Å². The number of alkyl halides is 3. The molecule has 0 spiro atoms. The van der Waals surface area contributed by atoms with E-state index < -0.39 is 11.7 Å². The van der Waals surface area contributed by atoms with Gasteiger partial charge in [0.2, 0.25) is 5.95 Å². The van der Waals surface area contributed by atoms with Gasteiger partial charge in [-0.2, -0.15) is 13.2 Å². The van der Waals surface area contributed by atoms with Crippen LogP contribution in [0.2, 0.25) is 0 Å². The lowest BCUT2D eigenvalue weighted by Gasteiger charge is -2.13. The first kappa shape index (κ1) is 22.0. The molecule has 1 aromatic heterocycles. The van der Waals surface area contributed by atoms with Crippen molar-refractivity contribution in [2.24, 2.45) is 0 Å². The molecule has 0 fully saturated rings. The van der Waals surface area contributed by atoms with Crippen LogP contribution in [0.5, 0.6) is 5.75 Å². The van der Waals surface area contributed by atoms with Gasteiger partial charge in [0.25, 0.3) is 0 Å². The molecular weight excluding hydrogens is 411 g/mol. The Kier molecular flexibility index (Phi) is 7.57. The molecule has 0 saturated heterocycles. The highest BCUT2D eigenvalue weighted by Gasteiger charge is 2.35. The zero-order valence-corrected chi connectivity index (χ0v) is 17.3. The highest BCUT2D eigenvalue weighted by molar-refractivity contribution is 7.99. The van der Waals surface area contributed by atoms with Crippen LogP contribution in [0.4, 0.5) is 24.8 Å². The van der Waals surface area contributed by atoms with Crippen LogP contribution in [-0.2, 0) is 6.18 Å². The molecule has 0 aliphatic rings. The summed E-state index contributed by atoms with van der Waals surface area (Å²) in [5.74, 6) is 0.770. The van der Waals surface area contributed by atoms with E-state index in [1.807, 2.05) is 6.07 Å². The second-order valence-electron chi connectivity index (χ2n) is 6.53. The zero-order chi connectivity index (χ0) is 21.4. The molecule has 0 unspecified atom stereocenters. The molecule has 8 heteroatoms. The summed E-state index contributed by atoms with van der Waals surface area (Å²) in [5.41, 5.74) is -0.228. The molecule has 3 aromatic rings. The number of nitrogens with one attached hydrogen (secondary N) is 1. The predicted octanol–water partition coefficient (Wildman–Crippen LogP) is 6.96. The van der Waals surface area contributed by atoms with Crippen molar-refractivity contribution in [1.82, 2.24) is 9.97 Å². The van der Waals surface area contributed by atoms with Gasteiger partial charge in [0, 0.05) is 22.8 Å². The maximum absolute atomic E-state index is 13.4. The minimum atomic E-state index is -4.54. The van der Waals surface area contributed by atoms with Gasteiger partial charge in [-0.25, -0.2) is 9.97 Å². The van der Waals surface area contributed by atoms with Crippen molar-refractivity contribution in [2.75, 3.05) is 11.9 Å². The number of halogens is 3. The van der Waals surface area contributed by atoms with Gasteiger partial charge in [0.1, 0.15) is 16.3 Å². The van der Waals surface area contributed by atoms with Crippen LogP contribution in [0.1, 0.15) is 31.7 Å². The molecule has 1 heterocycles. The number of hydrogen-bond acceptors (Lipinski definition) is 5. The molecule has 30 heavy (non-hydrogen) atoms. The van der Waals surface area contributed by atoms with Crippen LogP contribution in [0.25, 0.3) is 0 Å². The second kappa shape index (κ2) is 10.3. The maximum atomic E-state index is 13.4. The summed E-state index contributed by atoms with van der Waals surface area (Å²) in [5, 5.41) is 2.81. The van der Waals surface area contributed by atoms with Crippen molar-refractivity contribution in [3.63, 3.8) is 0 Å². The van der Waals surface area contributed by atoms with E-state index in [1.165, 1.54) is 0 Å². The van der Waals surface area contributed by atoms with Crippen LogP contribution in [0, 0.1) is 0 Å². The van der Waals surface area contributed by atoms with Gasteiger partial charge in [-0.3, -0.25) is 0 Å². The van der Waals surface area contributed by atoms with Gasteiger partial charge < -0.3 is 10.1 Å². The Labute approximate surface area is 177 Å². The number of aromatic nitrogens is 2.